The molecule has 1 aromatic heterocycles. The maximum atomic E-state index is 3.93. The molecule has 6 heteroatoms. The van der Waals surface area contributed by atoms with Crippen molar-refractivity contribution < 1.29 is 98.1 Å². The molecule has 0 saturated carbocycles. The third-order valence-electron chi connectivity index (χ3n) is 1.16. The van der Waals surface area contributed by atoms with Gasteiger partial charge in [0.15, 0.2) is 0 Å². The van der Waals surface area contributed by atoms with Crippen molar-refractivity contribution in [1.29, 1.82) is 0 Å². The third kappa shape index (κ3) is 4.90. The number of fused-ring (bicyclic) bond motifs is 1. The summed E-state index contributed by atoms with van der Waals surface area (Å²) in [4.78, 5) is 3.93. The van der Waals surface area contributed by atoms with E-state index in [1.165, 1.54) is 6.33 Å². The van der Waals surface area contributed by atoms with Crippen LogP contribution < -0.4 is 0 Å². The molecule has 1 heterocycles. The first kappa shape index (κ1) is 17.2. The van der Waals surface area contributed by atoms with Gasteiger partial charge in [0.05, 0.1) is 0 Å². The summed E-state index contributed by atoms with van der Waals surface area (Å²) in [6.07, 6.45) is 1.40. The number of hydrogen-bond donors (Lipinski definition) is 0. The molecule has 0 saturated heterocycles. The van der Waals surface area contributed by atoms with E-state index >= 15 is 0 Å². The second-order valence-corrected chi connectivity index (χ2v) is 1.79. The molecule has 3 nitrogen and oxygen atoms in total. The monoisotopic (exact) mass is 396 g/mol. The van der Waals surface area contributed by atoms with Gasteiger partial charge in [-0.25, -0.2) is 0 Å². The zero-order valence-corrected chi connectivity index (χ0v) is 15.3. The molecule has 0 atom stereocenters. The van der Waals surface area contributed by atoms with Gasteiger partial charge in [-0.2, -0.15) is 5.10 Å². The van der Waals surface area contributed by atoms with Crippen molar-refractivity contribution in [1.82, 2.24) is 15.2 Å². The normalized spacial score (nSPS) is 7.69. The summed E-state index contributed by atoms with van der Waals surface area (Å²) >= 11 is 0. The molecule has 2 aromatic rings. The molecule has 0 aliphatic rings. The predicted octanol–water partition coefficient (Wildman–Crippen LogP) is 0.618. The van der Waals surface area contributed by atoms with E-state index < -0.39 is 0 Å². The van der Waals surface area contributed by atoms with E-state index in [1.807, 2.05) is 0 Å². The predicted molar refractivity (Wildman–Crippen MR) is 35.0 cm³/mol. The van der Waals surface area contributed by atoms with Gasteiger partial charge in [-0.1, -0.05) is 0 Å². The van der Waals surface area contributed by atoms with Crippen LogP contribution in [0.3, 0.4) is 0 Å². The minimum atomic E-state index is 0. The molecule has 13 heavy (non-hydrogen) atoms. The number of nitrogens with zero attached hydrogens (tertiary/aromatic N) is 3. The molecule has 0 spiro atoms. The van der Waals surface area contributed by atoms with Crippen molar-refractivity contribution in [2.75, 3.05) is 0 Å². The molecule has 0 aliphatic carbocycles. The van der Waals surface area contributed by atoms with Gasteiger partial charge in [-0.3, -0.25) is 16.1 Å². The summed E-state index contributed by atoms with van der Waals surface area (Å²) in [6.45, 7) is 0. The maximum absolute atomic E-state index is 3.93. The third-order valence-corrected chi connectivity index (χ3v) is 1.16. The van der Waals surface area contributed by atoms with Crippen molar-refractivity contribution in [2.24, 2.45) is 0 Å². The zero-order chi connectivity index (χ0) is 6.81. The van der Waals surface area contributed by atoms with E-state index in [1.54, 1.807) is 12.1 Å². The van der Waals surface area contributed by atoms with Crippen LogP contribution in [-0.2, 0) is 98.1 Å². The van der Waals surface area contributed by atoms with Crippen LogP contribution in [0.1, 0.15) is 0 Å². The molecule has 1 aromatic carbocycles. The molecule has 0 amide bonds. The topological polar surface area (TPSA) is 38.7 Å². The Hall–Kier alpha value is 1.80. The van der Waals surface area contributed by atoms with E-state index in [0.29, 0.717) is 0 Å². The molecular weight excluding hydrogens is 393 g/mol. The van der Waals surface area contributed by atoms with Crippen LogP contribution in [0, 0.1) is 12.1 Å². The number of benzene rings is 1. The number of hydrogen-bond acceptors (Lipinski definition) is 3. The molecule has 2 rings (SSSR count). The zero-order valence-electron chi connectivity index (χ0n) is 6.81. The van der Waals surface area contributed by atoms with Crippen molar-refractivity contribution in [3.8, 4) is 0 Å². The van der Waals surface area contributed by atoms with E-state index in [0.717, 1.165) is 11.0 Å². The Bertz CT molecular complexity index is 290. The average molecular weight is 396 g/mol. The molecule has 0 aliphatic heterocycles. The van der Waals surface area contributed by atoms with Crippen LogP contribution in [0.15, 0.2) is 18.5 Å². The number of rotatable bonds is 0. The van der Waals surface area contributed by atoms with E-state index in [9.17, 15) is 0 Å². The molecular formula is C7H3N3Y3-2. The smallest absolute Gasteiger partial charge is 0.132 e. The van der Waals surface area contributed by atoms with E-state index in [2.05, 4.69) is 27.3 Å². The molecule has 0 fully saturated rings. The fourth-order valence-electron chi connectivity index (χ4n) is 0.724. The first-order valence-electron chi connectivity index (χ1n) is 2.82. The van der Waals surface area contributed by atoms with Gasteiger partial charge < -0.3 is 18.2 Å². The van der Waals surface area contributed by atoms with Crippen LogP contribution in [-0.4, -0.2) is 15.2 Å². The molecule has 0 N–H and O–H groups in total. The van der Waals surface area contributed by atoms with Crippen molar-refractivity contribution in [3.63, 3.8) is 0 Å². The van der Waals surface area contributed by atoms with Gasteiger partial charge in [0, 0.05) is 98.1 Å². The van der Waals surface area contributed by atoms with E-state index in [-0.39, 0.29) is 98.1 Å². The molecule has 0 unspecified atom stereocenters. The average Bonchev–Trinajstić information content (AvgIpc) is 2.05. The second-order valence-electron chi connectivity index (χ2n) is 1.79. The fourth-order valence-corrected chi connectivity index (χ4v) is 0.724. The Balaban J connectivity index is 0. The Kier molecular flexibility index (Phi) is 12.0. The molecule has 0 bridgehead atoms. The van der Waals surface area contributed by atoms with Crippen molar-refractivity contribution in [2.45, 2.75) is 0 Å². The van der Waals surface area contributed by atoms with Crippen LogP contribution >= 0.6 is 0 Å². The van der Waals surface area contributed by atoms with Crippen LogP contribution in [0.5, 0.6) is 0 Å². The first-order chi connectivity index (χ1) is 4.97. The Morgan fingerprint density at radius 2 is 1.92 bits per heavy atom. The van der Waals surface area contributed by atoms with Gasteiger partial charge in [0.1, 0.15) is 6.33 Å². The van der Waals surface area contributed by atoms with Gasteiger partial charge in [0.2, 0.25) is 0 Å². The van der Waals surface area contributed by atoms with Gasteiger partial charge >= 0.3 is 0 Å². The molecule has 57 valence electrons. The van der Waals surface area contributed by atoms with Crippen LogP contribution in [0.25, 0.3) is 11.0 Å². The summed E-state index contributed by atoms with van der Waals surface area (Å²) in [5.41, 5.74) is 1.46. The van der Waals surface area contributed by atoms with Gasteiger partial charge in [-0.15, -0.1) is 11.0 Å². The van der Waals surface area contributed by atoms with Crippen molar-refractivity contribution >= 4 is 11.0 Å². The quantitative estimate of drug-likeness (QED) is 0.614. The summed E-state index contributed by atoms with van der Waals surface area (Å²) in [6, 6.07) is 9.12. The largest absolute Gasteiger partial charge is 0.357 e. The van der Waals surface area contributed by atoms with E-state index in [4.69, 9.17) is 0 Å². The summed E-state index contributed by atoms with van der Waals surface area (Å²) < 4.78 is 0. The maximum Gasteiger partial charge on any atom is 0.132 e. The number of aromatic nitrogens is 3. The van der Waals surface area contributed by atoms with Gasteiger partial charge in [0.25, 0.3) is 0 Å². The standard InChI is InChI=1S/C7H3N3.3Y/c1-2-4-7-6(3-1)8-5-9-10-7;;;/h1,4-5H;;;/q-2;;;. The summed E-state index contributed by atoms with van der Waals surface area (Å²) in [7, 11) is 0. The van der Waals surface area contributed by atoms with Gasteiger partial charge in [-0.05, 0) is 0 Å². The summed E-state index contributed by atoms with van der Waals surface area (Å²) in [5.74, 6) is 0. The van der Waals surface area contributed by atoms with Crippen LogP contribution in [0.4, 0.5) is 0 Å². The first-order valence-corrected chi connectivity index (χ1v) is 2.82. The summed E-state index contributed by atoms with van der Waals surface area (Å²) in [5, 5.41) is 7.42. The SMILES string of the molecule is [Y].[Y].[Y].[c-]1c[c-]c2ncnnc2c1. The Morgan fingerprint density at radius 1 is 1.15 bits per heavy atom. The Labute approximate surface area is 152 Å². The minimum Gasteiger partial charge on any atom is -0.357 e. The van der Waals surface area contributed by atoms with Crippen LogP contribution in [0.2, 0.25) is 0 Å². The second kappa shape index (κ2) is 9.06. The van der Waals surface area contributed by atoms with Crippen molar-refractivity contribution in [3.05, 3.63) is 30.6 Å². The minimum absolute atomic E-state index is 0. The fraction of sp³-hybridized carbons (Fsp3) is 0. The molecule has 3 radical (unpaired) electrons. The Morgan fingerprint density at radius 3 is 2.62 bits per heavy atom.